The predicted octanol–water partition coefficient (Wildman–Crippen LogP) is 5.29. The maximum atomic E-state index is 13.5. The maximum Gasteiger partial charge on any atom is 0.411 e. The molecule has 1 fully saturated rings. The summed E-state index contributed by atoms with van der Waals surface area (Å²) in [5, 5.41) is 0. The van der Waals surface area contributed by atoms with E-state index in [4.69, 9.17) is 23.7 Å². The zero-order valence-corrected chi connectivity index (χ0v) is 26.6. The lowest BCUT2D eigenvalue weighted by molar-refractivity contribution is -0.142. The van der Waals surface area contributed by atoms with E-state index in [0.717, 1.165) is 16.7 Å². The summed E-state index contributed by atoms with van der Waals surface area (Å²) in [6.07, 6.45) is 1.06. The van der Waals surface area contributed by atoms with Gasteiger partial charge in [0.15, 0.2) is 0 Å². The fourth-order valence-electron chi connectivity index (χ4n) is 5.32. The largest absolute Gasteiger partial charge is 0.469 e. The van der Waals surface area contributed by atoms with Crippen molar-refractivity contribution < 1.29 is 38.1 Å². The number of benzene rings is 1. The number of piperazine rings is 1. The number of esters is 1. The van der Waals surface area contributed by atoms with Gasteiger partial charge in [0, 0.05) is 32.0 Å². The molecule has 2 amide bonds. The zero-order chi connectivity index (χ0) is 31.2. The molecule has 10 heteroatoms. The normalized spacial score (nSPS) is 21.4. The molecular formula is C32H48N2O8. The molecule has 1 saturated heterocycles. The summed E-state index contributed by atoms with van der Waals surface area (Å²) in [6, 6.07) is 7.04. The molecule has 0 saturated carbocycles. The van der Waals surface area contributed by atoms with Crippen LogP contribution in [0.5, 0.6) is 0 Å². The second kappa shape index (κ2) is 13.9. The Hall–Kier alpha value is -3.11. The summed E-state index contributed by atoms with van der Waals surface area (Å²) in [6.45, 7) is 15.1. The molecule has 4 atom stereocenters. The minimum atomic E-state index is -0.711. The third kappa shape index (κ3) is 9.19. The number of carbonyl (C=O) groups excluding carboxylic acids is 3. The third-order valence-electron chi connectivity index (χ3n) is 7.05. The summed E-state index contributed by atoms with van der Waals surface area (Å²) < 4.78 is 27.5. The molecule has 1 aromatic rings. The number of hydrogen-bond acceptors (Lipinski definition) is 8. The maximum absolute atomic E-state index is 13.5. The number of rotatable bonds is 9. The van der Waals surface area contributed by atoms with Gasteiger partial charge in [0.1, 0.15) is 11.2 Å². The van der Waals surface area contributed by atoms with Crippen LogP contribution in [0.2, 0.25) is 0 Å². The van der Waals surface area contributed by atoms with Gasteiger partial charge in [-0.1, -0.05) is 37.3 Å². The summed E-state index contributed by atoms with van der Waals surface area (Å²) in [5.41, 5.74) is 1.51. The molecule has 3 rings (SSSR count). The number of ether oxygens (including phenoxy) is 5. The first-order valence-corrected chi connectivity index (χ1v) is 14.6. The lowest BCUT2D eigenvalue weighted by atomic mass is 9.77. The van der Waals surface area contributed by atoms with Crippen molar-refractivity contribution in [2.75, 3.05) is 40.5 Å². The van der Waals surface area contributed by atoms with E-state index in [1.54, 1.807) is 16.9 Å². The van der Waals surface area contributed by atoms with Crippen LogP contribution in [0.1, 0.15) is 66.0 Å². The van der Waals surface area contributed by atoms with Gasteiger partial charge in [0.25, 0.3) is 0 Å². The minimum absolute atomic E-state index is 0.0312. The third-order valence-corrected chi connectivity index (χ3v) is 7.05. The fourth-order valence-corrected chi connectivity index (χ4v) is 5.32. The zero-order valence-electron chi connectivity index (χ0n) is 26.6. The first kappa shape index (κ1) is 33.4. The molecule has 2 bridgehead atoms. The van der Waals surface area contributed by atoms with Crippen molar-refractivity contribution in [3.63, 3.8) is 0 Å². The van der Waals surface area contributed by atoms with Gasteiger partial charge in [-0.05, 0) is 58.2 Å². The molecule has 2 aliphatic rings. The molecule has 42 heavy (non-hydrogen) atoms. The highest BCUT2D eigenvalue weighted by Crippen LogP contribution is 2.41. The van der Waals surface area contributed by atoms with E-state index in [9.17, 15) is 14.4 Å². The smallest absolute Gasteiger partial charge is 0.411 e. The lowest BCUT2D eigenvalue weighted by Gasteiger charge is -2.51. The Morgan fingerprint density at radius 2 is 1.52 bits per heavy atom. The van der Waals surface area contributed by atoms with Gasteiger partial charge in [-0.2, -0.15) is 0 Å². The van der Waals surface area contributed by atoms with Crippen LogP contribution in [0.25, 0.3) is 5.57 Å². The van der Waals surface area contributed by atoms with E-state index in [0.29, 0.717) is 25.7 Å². The van der Waals surface area contributed by atoms with E-state index in [2.05, 4.69) is 6.92 Å². The van der Waals surface area contributed by atoms with Crippen LogP contribution in [-0.2, 0) is 35.1 Å². The van der Waals surface area contributed by atoms with Gasteiger partial charge >= 0.3 is 18.2 Å². The minimum Gasteiger partial charge on any atom is -0.469 e. The van der Waals surface area contributed by atoms with E-state index >= 15 is 0 Å². The molecule has 0 aromatic heterocycles. The second-order valence-corrected chi connectivity index (χ2v) is 13.2. The van der Waals surface area contributed by atoms with Crippen LogP contribution in [-0.4, -0.2) is 91.8 Å². The molecule has 10 nitrogen and oxygen atoms in total. The van der Waals surface area contributed by atoms with Crippen molar-refractivity contribution in [3.8, 4) is 0 Å². The number of carbonyl (C=O) groups is 3. The Morgan fingerprint density at radius 1 is 0.905 bits per heavy atom. The molecule has 1 aromatic carbocycles. The number of amides is 2. The summed E-state index contributed by atoms with van der Waals surface area (Å²) >= 11 is 0. The lowest BCUT2D eigenvalue weighted by Crippen LogP contribution is -2.66. The van der Waals surface area contributed by atoms with Gasteiger partial charge in [-0.25, -0.2) is 9.59 Å². The van der Waals surface area contributed by atoms with Gasteiger partial charge in [0.2, 0.25) is 0 Å². The molecular weight excluding hydrogens is 540 g/mol. The Labute approximate surface area is 250 Å². The Bertz CT molecular complexity index is 1120. The predicted molar refractivity (Wildman–Crippen MR) is 159 cm³/mol. The SMILES string of the molecule is COC[C@H](C)COCc1ccc(C2=CC3CN(C(=O)OC(C)(C)C)CC(C2CC(=O)OC)N3C(=O)OC(C)(C)C)cc1. The van der Waals surface area contributed by atoms with Gasteiger partial charge < -0.3 is 28.6 Å². The highest BCUT2D eigenvalue weighted by Gasteiger charge is 2.49. The van der Waals surface area contributed by atoms with Crippen LogP contribution in [0, 0.1) is 11.8 Å². The Morgan fingerprint density at radius 3 is 2.10 bits per heavy atom. The topological polar surface area (TPSA) is 104 Å². The Kier molecular flexibility index (Phi) is 11.1. The average Bonchev–Trinajstić information content (AvgIpc) is 2.88. The van der Waals surface area contributed by atoms with Gasteiger partial charge in [-0.15, -0.1) is 0 Å². The van der Waals surface area contributed by atoms with Crippen LogP contribution >= 0.6 is 0 Å². The van der Waals surface area contributed by atoms with Crippen LogP contribution < -0.4 is 0 Å². The summed E-state index contributed by atoms with van der Waals surface area (Å²) in [5.74, 6) is -0.546. The molecule has 0 aliphatic carbocycles. The highest BCUT2D eigenvalue weighted by atomic mass is 16.6. The van der Waals surface area contributed by atoms with Crippen molar-refractivity contribution >= 4 is 23.7 Å². The molecule has 3 unspecified atom stereocenters. The van der Waals surface area contributed by atoms with Crippen molar-refractivity contribution in [1.29, 1.82) is 0 Å². The van der Waals surface area contributed by atoms with Crippen molar-refractivity contribution in [2.45, 2.75) is 84.8 Å². The molecule has 0 spiro atoms. The molecule has 2 aliphatic heterocycles. The first-order chi connectivity index (χ1) is 19.6. The molecule has 234 valence electrons. The van der Waals surface area contributed by atoms with Crippen LogP contribution in [0.3, 0.4) is 0 Å². The highest BCUT2D eigenvalue weighted by molar-refractivity contribution is 5.81. The first-order valence-electron chi connectivity index (χ1n) is 14.6. The summed E-state index contributed by atoms with van der Waals surface area (Å²) in [7, 11) is 3.03. The number of hydrogen-bond donors (Lipinski definition) is 0. The van der Waals surface area contributed by atoms with E-state index in [-0.39, 0.29) is 19.5 Å². The molecule has 0 radical (unpaired) electrons. The molecule has 0 N–H and O–H groups in total. The van der Waals surface area contributed by atoms with Crippen LogP contribution in [0.4, 0.5) is 9.59 Å². The quantitative estimate of drug-likeness (QED) is 0.283. The average molecular weight is 589 g/mol. The van der Waals surface area contributed by atoms with E-state index < -0.39 is 47.4 Å². The number of methoxy groups -OCH3 is 2. The van der Waals surface area contributed by atoms with Gasteiger partial charge in [-0.3, -0.25) is 9.69 Å². The standard InChI is InChI=1S/C32H48N2O8/c1-21(18-38-8)19-40-20-22-10-12-23(13-11-22)25-14-24-16-33(29(36)41-31(2,3)4)17-27(26(25)15-28(35)39-9)34(24)30(37)42-32(5,6)7/h10-14,21,24,26-27H,15-20H2,1-9H3/t21-,24?,26?,27?/m0/s1. The van der Waals surface area contributed by atoms with E-state index in [1.807, 2.05) is 71.9 Å². The van der Waals surface area contributed by atoms with Crippen LogP contribution in [0.15, 0.2) is 30.3 Å². The number of nitrogens with zero attached hydrogens (tertiary/aromatic N) is 2. The Balaban J connectivity index is 1.95. The summed E-state index contributed by atoms with van der Waals surface area (Å²) in [4.78, 5) is 42.6. The van der Waals surface area contributed by atoms with Crippen molar-refractivity contribution in [2.24, 2.45) is 11.8 Å². The fraction of sp³-hybridized carbons (Fsp3) is 0.656. The number of fused-ring (bicyclic) bond motifs is 2. The van der Waals surface area contributed by atoms with Gasteiger partial charge in [0.05, 0.1) is 45.4 Å². The monoisotopic (exact) mass is 588 g/mol. The van der Waals surface area contributed by atoms with E-state index in [1.165, 1.54) is 7.11 Å². The van der Waals surface area contributed by atoms with Crippen molar-refractivity contribution in [1.82, 2.24) is 9.80 Å². The molecule has 2 heterocycles. The second-order valence-electron chi connectivity index (χ2n) is 13.2. The van der Waals surface area contributed by atoms with Crippen molar-refractivity contribution in [3.05, 3.63) is 41.5 Å².